The summed E-state index contributed by atoms with van der Waals surface area (Å²) < 4.78 is 35.7. The highest BCUT2D eigenvalue weighted by Gasteiger charge is 2.07. The summed E-state index contributed by atoms with van der Waals surface area (Å²) in [6.45, 7) is 0.514. The first-order chi connectivity index (χ1) is 12.9. The lowest BCUT2D eigenvalue weighted by Crippen LogP contribution is -2.12. The zero-order chi connectivity index (χ0) is 19.3. The number of nitrogens with zero attached hydrogens (tertiary/aromatic N) is 3. The van der Waals surface area contributed by atoms with E-state index in [2.05, 4.69) is 25.8 Å². The molecule has 0 aliphatic rings. The molecule has 0 saturated carbocycles. The van der Waals surface area contributed by atoms with E-state index in [0.29, 0.717) is 30.4 Å². The van der Waals surface area contributed by atoms with Crippen molar-refractivity contribution in [1.29, 1.82) is 0 Å². The minimum atomic E-state index is -3.69. The predicted molar refractivity (Wildman–Crippen MR) is 99.5 cm³/mol. The van der Waals surface area contributed by atoms with E-state index in [9.17, 15) is 12.8 Å². The van der Waals surface area contributed by atoms with E-state index in [0.717, 1.165) is 5.56 Å². The van der Waals surface area contributed by atoms with Gasteiger partial charge in [-0.15, -0.1) is 5.10 Å². The van der Waals surface area contributed by atoms with Gasteiger partial charge in [-0.05, 0) is 42.3 Å². The molecule has 8 nitrogen and oxygen atoms in total. The number of aromatic nitrogens is 3. The topological polar surface area (TPSA) is 123 Å². The Morgan fingerprint density at radius 3 is 2.59 bits per heavy atom. The van der Waals surface area contributed by atoms with Gasteiger partial charge in [0, 0.05) is 12.2 Å². The molecule has 0 amide bonds. The van der Waals surface area contributed by atoms with Crippen LogP contribution in [0.1, 0.15) is 5.56 Å². The minimum Gasteiger partial charge on any atom is -0.353 e. The number of nitrogens with one attached hydrogen (secondary N) is 2. The highest BCUT2D eigenvalue weighted by atomic mass is 32.2. The summed E-state index contributed by atoms with van der Waals surface area (Å²) in [5.41, 5.74) is 1.48. The summed E-state index contributed by atoms with van der Waals surface area (Å²) in [5, 5.41) is 18.8. The molecule has 0 fully saturated rings. The second kappa shape index (κ2) is 8.06. The van der Waals surface area contributed by atoms with Gasteiger partial charge in [0.15, 0.2) is 5.82 Å². The van der Waals surface area contributed by atoms with Gasteiger partial charge in [-0.25, -0.2) is 17.9 Å². The van der Waals surface area contributed by atoms with Crippen molar-refractivity contribution in [1.82, 2.24) is 15.2 Å². The molecule has 27 heavy (non-hydrogen) atoms. The van der Waals surface area contributed by atoms with Crippen LogP contribution in [0.4, 0.5) is 21.8 Å². The van der Waals surface area contributed by atoms with Gasteiger partial charge in [0.25, 0.3) is 0 Å². The predicted octanol–water partition coefficient (Wildman–Crippen LogP) is 2.06. The average Bonchev–Trinajstić information content (AvgIpc) is 2.62. The van der Waals surface area contributed by atoms with Crippen LogP contribution in [0.2, 0.25) is 0 Å². The molecule has 0 bridgehead atoms. The SMILES string of the molecule is NS(=O)(=O)c1ccc(CCNc2nncc(Nc3cccc(F)c3)n2)cc1. The third-order valence-electron chi connectivity index (χ3n) is 3.60. The van der Waals surface area contributed by atoms with Crippen LogP contribution in [-0.4, -0.2) is 30.1 Å². The van der Waals surface area contributed by atoms with Crippen molar-refractivity contribution in [3.05, 3.63) is 66.1 Å². The molecule has 1 heterocycles. The smallest absolute Gasteiger partial charge is 0.244 e. The van der Waals surface area contributed by atoms with Crippen LogP contribution in [0.15, 0.2) is 59.6 Å². The molecule has 10 heteroatoms. The standard InChI is InChI=1S/C17H17FN6O2S/c18-13-2-1-3-14(10-13)22-16-11-21-24-17(23-16)20-9-8-12-4-6-15(7-5-12)27(19,25)26/h1-7,10-11H,8-9H2,(H2,19,25,26)(H2,20,22,23,24). The van der Waals surface area contributed by atoms with E-state index >= 15 is 0 Å². The number of nitrogens with two attached hydrogens (primary N) is 1. The fourth-order valence-corrected chi connectivity index (χ4v) is 2.83. The molecule has 3 rings (SSSR count). The lowest BCUT2D eigenvalue weighted by molar-refractivity contribution is 0.597. The first kappa shape index (κ1) is 18.7. The van der Waals surface area contributed by atoms with Gasteiger partial charge in [0.05, 0.1) is 11.1 Å². The molecule has 0 atom stereocenters. The number of benzene rings is 2. The monoisotopic (exact) mass is 388 g/mol. The fourth-order valence-electron chi connectivity index (χ4n) is 2.32. The Hall–Kier alpha value is -3.11. The molecule has 140 valence electrons. The van der Waals surface area contributed by atoms with Gasteiger partial charge < -0.3 is 10.6 Å². The van der Waals surface area contributed by atoms with Gasteiger partial charge in [-0.2, -0.15) is 10.1 Å². The van der Waals surface area contributed by atoms with Crippen molar-refractivity contribution in [2.45, 2.75) is 11.3 Å². The molecule has 0 saturated heterocycles. The van der Waals surface area contributed by atoms with E-state index in [4.69, 9.17) is 5.14 Å². The molecule has 2 aromatic carbocycles. The Balaban J connectivity index is 1.57. The average molecular weight is 388 g/mol. The Bertz CT molecular complexity index is 1030. The highest BCUT2D eigenvalue weighted by Crippen LogP contribution is 2.15. The molecule has 4 N–H and O–H groups in total. The molecule has 0 aliphatic heterocycles. The number of sulfonamides is 1. The second-order valence-corrected chi connectivity index (χ2v) is 7.23. The third kappa shape index (κ3) is 5.43. The van der Waals surface area contributed by atoms with E-state index in [-0.39, 0.29) is 10.7 Å². The summed E-state index contributed by atoms with van der Waals surface area (Å²) in [6.07, 6.45) is 2.05. The molecule has 1 aromatic heterocycles. The Morgan fingerprint density at radius 1 is 1.11 bits per heavy atom. The highest BCUT2D eigenvalue weighted by molar-refractivity contribution is 7.89. The zero-order valence-electron chi connectivity index (χ0n) is 14.1. The van der Waals surface area contributed by atoms with Crippen molar-refractivity contribution in [3.63, 3.8) is 0 Å². The number of rotatable bonds is 7. The van der Waals surface area contributed by atoms with Crippen LogP contribution in [0, 0.1) is 5.82 Å². The van der Waals surface area contributed by atoms with E-state index in [1.54, 1.807) is 24.3 Å². The summed E-state index contributed by atoms with van der Waals surface area (Å²) in [5.74, 6) is 0.391. The van der Waals surface area contributed by atoms with Crippen LogP contribution >= 0.6 is 0 Å². The van der Waals surface area contributed by atoms with Crippen molar-refractivity contribution < 1.29 is 12.8 Å². The number of anilines is 3. The van der Waals surface area contributed by atoms with Gasteiger partial charge in [0.1, 0.15) is 5.82 Å². The van der Waals surface area contributed by atoms with Crippen molar-refractivity contribution >= 4 is 27.5 Å². The Labute approximate surface area is 155 Å². The van der Waals surface area contributed by atoms with Crippen molar-refractivity contribution in [2.75, 3.05) is 17.2 Å². The maximum atomic E-state index is 13.2. The number of hydrogen-bond donors (Lipinski definition) is 3. The zero-order valence-corrected chi connectivity index (χ0v) is 14.9. The van der Waals surface area contributed by atoms with Crippen LogP contribution in [0.5, 0.6) is 0 Å². The summed E-state index contributed by atoms with van der Waals surface area (Å²) in [6, 6.07) is 12.3. The maximum Gasteiger partial charge on any atom is 0.244 e. The molecule has 3 aromatic rings. The Morgan fingerprint density at radius 2 is 1.89 bits per heavy atom. The number of primary sulfonamides is 1. The van der Waals surface area contributed by atoms with Gasteiger partial charge in [-0.1, -0.05) is 18.2 Å². The second-order valence-electron chi connectivity index (χ2n) is 5.67. The fraction of sp³-hybridized carbons (Fsp3) is 0.118. The Kier molecular flexibility index (Phi) is 5.57. The van der Waals surface area contributed by atoms with Crippen LogP contribution < -0.4 is 15.8 Å². The first-order valence-corrected chi connectivity index (χ1v) is 9.53. The minimum absolute atomic E-state index is 0.0721. The molecular formula is C17H17FN6O2S. The van der Waals surface area contributed by atoms with Gasteiger partial charge in [0.2, 0.25) is 16.0 Å². The van der Waals surface area contributed by atoms with Crippen LogP contribution in [0.25, 0.3) is 0 Å². The third-order valence-corrected chi connectivity index (χ3v) is 4.53. The van der Waals surface area contributed by atoms with Gasteiger partial charge >= 0.3 is 0 Å². The quantitative estimate of drug-likeness (QED) is 0.566. The van der Waals surface area contributed by atoms with E-state index in [1.165, 1.54) is 30.5 Å². The van der Waals surface area contributed by atoms with E-state index in [1.807, 2.05) is 0 Å². The molecule has 0 aliphatic carbocycles. The summed E-state index contributed by atoms with van der Waals surface area (Å²) in [4.78, 5) is 4.33. The molecular weight excluding hydrogens is 371 g/mol. The molecule has 0 unspecified atom stereocenters. The summed E-state index contributed by atoms with van der Waals surface area (Å²) in [7, 11) is -3.69. The van der Waals surface area contributed by atoms with Crippen LogP contribution in [-0.2, 0) is 16.4 Å². The first-order valence-electron chi connectivity index (χ1n) is 7.98. The normalized spacial score (nSPS) is 11.2. The number of hydrogen-bond acceptors (Lipinski definition) is 7. The summed E-state index contributed by atoms with van der Waals surface area (Å²) >= 11 is 0. The number of halogens is 1. The van der Waals surface area contributed by atoms with Gasteiger partial charge in [-0.3, -0.25) is 0 Å². The maximum absolute atomic E-state index is 13.2. The lowest BCUT2D eigenvalue weighted by Gasteiger charge is -2.08. The lowest BCUT2D eigenvalue weighted by atomic mass is 10.1. The molecule has 0 radical (unpaired) electrons. The van der Waals surface area contributed by atoms with Crippen molar-refractivity contribution in [3.8, 4) is 0 Å². The van der Waals surface area contributed by atoms with E-state index < -0.39 is 10.0 Å². The van der Waals surface area contributed by atoms with Crippen molar-refractivity contribution in [2.24, 2.45) is 5.14 Å². The molecule has 0 spiro atoms. The van der Waals surface area contributed by atoms with Crippen LogP contribution in [0.3, 0.4) is 0 Å². The largest absolute Gasteiger partial charge is 0.353 e.